The highest BCUT2D eigenvalue weighted by Gasteiger charge is 2.36. The minimum Gasteiger partial charge on any atom is -0.372 e. The second kappa shape index (κ2) is 9.31. The van der Waals surface area contributed by atoms with Crippen molar-refractivity contribution in [3.63, 3.8) is 0 Å². The molecule has 4 aromatic rings. The van der Waals surface area contributed by atoms with E-state index in [2.05, 4.69) is 34.9 Å². The zero-order valence-corrected chi connectivity index (χ0v) is 19.8. The maximum Gasteiger partial charge on any atom is 0.193 e. The van der Waals surface area contributed by atoms with E-state index in [4.69, 9.17) is 0 Å². The summed E-state index contributed by atoms with van der Waals surface area (Å²) in [6.45, 7) is 0. The van der Waals surface area contributed by atoms with E-state index in [1.807, 2.05) is 84.9 Å². The van der Waals surface area contributed by atoms with Crippen molar-refractivity contribution in [3.05, 3.63) is 143 Å². The Morgan fingerprint density at radius 2 is 1.31 bits per heavy atom. The molecular weight excluding hydrogens is 444 g/mol. The van der Waals surface area contributed by atoms with Crippen molar-refractivity contribution in [2.75, 3.05) is 10.6 Å². The standard InChI is InChI=1S/C32H26N2O2/c35-29-20-25(21-10-4-1-5-11-21)19-28-30(29)31(22-12-6-2-7-13-22)34-26-17-16-24(18-27(26)33-28)32(36)23-14-8-3-9-15-23/h1-18,25,31,33-34H,19-20H2. The molecule has 2 unspecified atom stereocenters. The largest absolute Gasteiger partial charge is 0.372 e. The molecule has 0 bridgehead atoms. The average molecular weight is 471 g/mol. The van der Waals surface area contributed by atoms with Gasteiger partial charge in [0.15, 0.2) is 11.6 Å². The van der Waals surface area contributed by atoms with Gasteiger partial charge in [0.2, 0.25) is 0 Å². The zero-order chi connectivity index (χ0) is 24.5. The molecule has 1 aliphatic carbocycles. The lowest BCUT2D eigenvalue weighted by Crippen LogP contribution is -2.26. The van der Waals surface area contributed by atoms with E-state index in [-0.39, 0.29) is 23.5 Å². The van der Waals surface area contributed by atoms with Crippen molar-refractivity contribution in [1.82, 2.24) is 0 Å². The Bertz CT molecular complexity index is 1460. The van der Waals surface area contributed by atoms with E-state index in [0.717, 1.165) is 34.6 Å². The zero-order valence-electron chi connectivity index (χ0n) is 19.8. The Hall–Kier alpha value is -4.44. The molecule has 0 aromatic heterocycles. The minimum absolute atomic E-state index is 0.0276. The van der Waals surface area contributed by atoms with Gasteiger partial charge in [-0.3, -0.25) is 9.59 Å². The van der Waals surface area contributed by atoms with E-state index in [1.54, 1.807) is 0 Å². The molecule has 0 radical (unpaired) electrons. The first-order valence-corrected chi connectivity index (χ1v) is 12.3. The van der Waals surface area contributed by atoms with Crippen LogP contribution in [-0.4, -0.2) is 11.6 Å². The van der Waals surface area contributed by atoms with Crippen LogP contribution in [0.3, 0.4) is 0 Å². The number of rotatable bonds is 4. The normalized spacial score (nSPS) is 18.8. The number of carbonyl (C=O) groups is 2. The maximum atomic E-state index is 13.7. The fourth-order valence-corrected chi connectivity index (χ4v) is 5.30. The molecule has 1 aliphatic heterocycles. The highest BCUT2D eigenvalue weighted by atomic mass is 16.1. The molecule has 4 aromatic carbocycles. The van der Waals surface area contributed by atoms with Gasteiger partial charge in [-0.2, -0.15) is 0 Å². The van der Waals surface area contributed by atoms with Crippen molar-refractivity contribution >= 4 is 22.9 Å². The van der Waals surface area contributed by atoms with Crippen molar-refractivity contribution in [2.45, 2.75) is 24.8 Å². The quantitative estimate of drug-likeness (QED) is 0.319. The van der Waals surface area contributed by atoms with Gasteiger partial charge in [-0.05, 0) is 41.7 Å². The molecule has 2 atom stereocenters. The molecule has 4 heteroatoms. The van der Waals surface area contributed by atoms with Crippen molar-refractivity contribution in [1.29, 1.82) is 0 Å². The molecule has 0 fully saturated rings. The van der Waals surface area contributed by atoms with Crippen LogP contribution in [0.25, 0.3) is 0 Å². The van der Waals surface area contributed by atoms with Crippen LogP contribution in [-0.2, 0) is 4.79 Å². The number of carbonyl (C=O) groups excluding carboxylic acids is 2. The van der Waals surface area contributed by atoms with Crippen LogP contribution in [0.2, 0.25) is 0 Å². The Morgan fingerprint density at radius 3 is 2.00 bits per heavy atom. The Kier molecular flexibility index (Phi) is 5.70. The van der Waals surface area contributed by atoms with E-state index >= 15 is 0 Å². The fraction of sp³-hybridized carbons (Fsp3) is 0.125. The summed E-state index contributed by atoms with van der Waals surface area (Å²) in [6.07, 6.45) is 1.20. The molecule has 0 spiro atoms. The number of anilines is 2. The van der Waals surface area contributed by atoms with Crippen LogP contribution in [0.5, 0.6) is 0 Å². The number of Topliss-reactive ketones (excluding diaryl/α,β-unsaturated/α-hetero) is 1. The van der Waals surface area contributed by atoms with Crippen LogP contribution in [0.15, 0.2) is 120 Å². The van der Waals surface area contributed by atoms with Gasteiger partial charge >= 0.3 is 0 Å². The summed E-state index contributed by atoms with van der Waals surface area (Å²) in [5.74, 6) is 0.226. The Morgan fingerprint density at radius 1 is 0.667 bits per heavy atom. The number of allylic oxidation sites excluding steroid dienone is 1. The summed E-state index contributed by atoms with van der Waals surface area (Å²) in [5, 5.41) is 7.20. The van der Waals surface area contributed by atoms with E-state index in [1.165, 1.54) is 5.56 Å². The van der Waals surface area contributed by atoms with E-state index in [9.17, 15) is 9.59 Å². The van der Waals surface area contributed by atoms with Gasteiger partial charge in [-0.1, -0.05) is 91.0 Å². The second-order valence-electron chi connectivity index (χ2n) is 9.40. The van der Waals surface area contributed by atoms with Crippen LogP contribution in [0.1, 0.15) is 51.8 Å². The van der Waals surface area contributed by atoms with Gasteiger partial charge in [0.1, 0.15) is 0 Å². The first kappa shape index (κ1) is 22.1. The topological polar surface area (TPSA) is 58.2 Å². The number of nitrogens with one attached hydrogen (secondary N) is 2. The lowest BCUT2D eigenvalue weighted by molar-refractivity contribution is -0.116. The minimum atomic E-state index is -0.269. The molecule has 0 saturated carbocycles. The molecule has 176 valence electrons. The third kappa shape index (κ3) is 4.11. The molecule has 0 amide bonds. The summed E-state index contributed by atoms with van der Waals surface area (Å²) in [4.78, 5) is 26.8. The average Bonchev–Trinajstić information content (AvgIpc) is 3.10. The van der Waals surface area contributed by atoms with Crippen LogP contribution in [0, 0.1) is 0 Å². The summed E-state index contributed by atoms with van der Waals surface area (Å²) in [6, 6.07) is 35.0. The highest BCUT2D eigenvalue weighted by Crippen LogP contribution is 2.44. The van der Waals surface area contributed by atoms with Crippen molar-refractivity contribution in [3.8, 4) is 0 Å². The first-order chi connectivity index (χ1) is 17.7. The van der Waals surface area contributed by atoms with E-state index in [0.29, 0.717) is 17.5 Å². The number of ketones is 2. The van der Waals surface area contributed by atoms with Crippen LogP contribution in [0.4, 0.5) is 11.4 Å². The smallest absolute Gasteiger partial charge is 0.193 e. The van der Waals surface area contributed by atoms with Crippen molar-refractivity contribution in [2.24, 2.45) is 0 Å². The molecule has 0 saturated heterocycles. The third-order valence-electron chi connectivity index (χ3n) is 7.10. The summed E-state index contributed by atoms with van der Waals surface area (Å²) >= 11 is 0. The predicted molar refractivity (Wildman–Crippen MR) is 143 cm³/mol. The predicted octanol–water partition coefficient (Wildman–Crippen LogP) is 6.90. The lowest BCUT2D eigenvalue weighted by Gasteiger charge is -2.30. The Balaban J connectivity index is 1.43. The Labute approximate surface area is 210 Å². The third-order valence-corrected chi connectivity index (χ3v) is 7.10. The lowest BCUT2D eigenvalue weighted by atomic mass is 9.78. The molecule has 36 heavy (non-hydrogen) atoms. The molecule has 2 aliphatic rings. The highest BCUT2D eigenvalue weighted by molar-refractivity contribution is 6.10. The number of benzene rings is 4. The van der Waals surface area contributed by atoms with Gasteiger partial charge in [0.05, 0.1) is 17.4 Å². The molecule has 2 N–H and O–H groups in total. The maximum absolute atomic E-state index is 13.7. The summed E-state index contributed by atoms with van der Waals surface area (Å²) in [5.41, 5.74) is 6.84. The molecule has 1 heterocycles. The summed E-state index contributed by atoms with van der Waals surface area (Å²) in [7, 11) is 0. The van der Waals surface area contributed by atoms with Gasteiger partial charge in [0.25, 0.3) is 0 Å². The number of hydrogen-bond donors (Lipinski definition) is 2. The van der Waals surface area contributed by atoms with Gasteiger partial charge < -0.3 is 10.6 Å². The van der Waals surface area contributed by atoms with Gasteiger partial charge in [-0.15, -0.1) is 0 Å². The SMILES string of the molecule is O=C1CC(c2ccccc2)CC2=C1C(c1ccccc1)Nc1ccc(C(=O)c3ccccc3)cc1N2. The first-order valence-electron chi connectivity index (χ1n) is 12.3. The monoisotopic (exact) mass is 470 g/mol. The fourth-order valence-electron chi connectivity index (χ4n) is 5.30. The number of hydrogen-bond acceptors (Lipinski definition) is 4. The van der Waals surface area contributed by atoms with Crippen LogP contribution < -0.4 is 10.6 Å². The molecule has 4 nitrogen and oxygen atoms in total. The summed E-state index contributed by atoms with van der Waals surface area (Å²) < 4.78 is 0. The van der Waals surface area contributed by atoms with Crippen molar-refractivity contribution < 1.29 is 9.59 Å². The molecule has 6 rings (SSSR count). The van der Waals surface area contributed by atoms with Gasteiger partial charge in [0, 0.05) is 28.8 Å². The second-order valence-corrected chi connectivity index (χ2v) is 9.40. The van der Waals surface area contributed by atoms with Crippen LogP contribution >= 0.6 is 0 Å². The van der Waals surface area contributed by atoms with Gasteiger partial charge in [-0.25, -0.2) is 0 Å². The number of fused-ring (bicyclic) bond motifs is 1. The molecular formula is C32H26N2O2. The van der Waals surface area contributed by atoms with E-state index < -0.39 is 0 Å².